The van der Waals surface area contributed by atoms with E-state index in [2.05, 4.69) is 15.6 Å². The molecular weight excluding hydrogens is 584 g/mol. The Hall–Kier alpha value is -4.56. The Morgan fingerprint density at radius 3 is 2.31 bits per heavy atom. The van der Waals surface area contributed by atoms with Crippen LogP contribution in [0.2, 0.25) is 0 Å². The SMILES string of the molecule is CCOC(=O)c1sc(NC(=O)Cn2cnc3sc(C(=O)Nc4ccccc4OC)c(C)c3c2=O)c(C(=O)OCC)c1C. The Balaban J connectivity index is 1.60. The lowest BCUT2D eigenvalue weighted by atomic mass is 10.1. The number of methoxy groups -OCH3 is 1. The van der Waals surface area contributed by atoms with Crippen molar-refractivity contribution in [3.63, 3.8) is 0 Å². The van der Waals surface area contributed by atoms with Crippen molar-refractivity contribution in [2.75, 3.05) is 31.0 Å². The molecule has 220 valence electrons. The van der Waals surface area contributed by atoms with Crippen LogP contribution in [0.3, 0.4) is 0 Å². The molecule has 4 rings (SSSR count). The third kappa shape index (κ3) is 6.04. The second kappa shape index (κ2) is 13.0. The zero-order chi connectivity index (χ0) is 30.6. The number of benzene rings is 1. The molecule has 0 aliphatic heterocycles. The Morgan fingerprint density at radius 1 is 0.929 bits per heavy atom. The summed E-state index contributed by atoms with van der Waals surface area (Å²) in [6, 6.07) is 6.94. The number of fused-ring (bicyclic) bond motifs is 1. The molecule has 0 radical (unpaired) electrons. The van der Waals surface area contributed by atoms with Crippen LogP contribution in [0, 0.1) is 13.8 Å². The summed E-state index contributed by atoms with van der Waals surface area (Å²) in [7, 11) is 1.49. The molecule has 42 heavy (non-hydrogen) atoms. The summed E-state index contributed by atoms with van der Waals surface area (Å²) in [5.41, 5.74) is 0.743. The van der Waals surface area contributed by atoms with E-state index in [1.54, 1.807) is 52.0 Å². The van der Waals surface area contributed by atoms with Crippen LogP contribution in [0.25, 0.3) is 10.2 Å². The lowest BCUT2D eigenvalue weighted by molar-refractivity contribution is -0.116. The van der Waals surface area contributed by atoms with E-state index in [1.165, 1.54) is 13.4 Å². The Morgan fingerprint density at radius 2 is 1.62 bits per heavy atom. The van der Waals surface area contributed by atoms with E-state index in [0.717, 1.165) is 27.2 Å². The number of para-hydroxylation sites is 2. The van der Waals surface area contributed by atoms with Crippen LogP contribution in [-0.4, -0.2) is 53.6 Å². The van der Waals surface area contributed by atoms with Crippen molar-refractivity contribution in [1.29, 1.82) is 0 Å². The maximum Gasteiger partial charge on any atom is 0.348 e. The average Bonchev–Trinajstić information content (AvgIpc) is 3.47. The van der Waals surface area contributed by atoms with Gasteiger partial charge < -0.3 is 24.8 Å². The molecule has 0 saturated carbocycles. The highest BCUT2D eigenvalue weighted by molar-refractivity contribution is 7.20. The number of carbonyl (C=O) groups is 4. The van der Waals surface area contributed by atoms with Gasteiger partial charge in [0.2, 0.25) is 5.91 Å². The molecular formula is C28H28N4O8S2. The first-order valence-electron chi connectivity index (χ1n) is 12.8. The number of nitrogens with one attached hydrogen (secondary N) is 2. The third-order valence-corrected chi connectivity index (χ3v) is 8.52. The number of anilines is 2. The van der Waals surface area contributed by atoms with Crippen molar-refractivity contribution in [1.82, 2.24) is 9.55 Å². The van der Waals surface area contributed by atoms with E-state index in [-0.39, 0.29) is 34.0 Å². The number of aromatic nitrogens is 2. The van der Waals surface area contributed by atoms with Gasteiger partial charge in [-0.15, -0.1) is 22.7 Å². The van der Waals surface area contributed by atoms with Crippen molar-refractivity contribution < 1.29 is 33.4 Å². The lowest BCUT2D eigenvalue weighted by Crippen LogP contribution is -2.28. The lowest BCUT2D eigenvalue weighted by Gasteiger charge is -2.09. The van der Waals surface area contributed by atoms with Crippen LogP contribution in [-0.2, 0) is 20.8 Å². The Kier molecular flexibility index (Phi) is 9.38. The maximum atomic E-state index is 13.4. The number of carbonyl (C=O) groups excluding carboxylic acids is 4. The van der Waals surface area contributed by atoms with Gasteiger partial charge in [-0.1, -0.05) is 12.1 Å². The smallest absolute Gasteiger partial charge is 0.348 e. The highest BCUT2D eigenvalue weighted by Gasteiger charge is 2.28. The largest absolute Gasteiger partial charge is 0.495 e. The number of hydrogen-bond donors (Lipinski definition) is 2. The highest BCUT2D eigenvalue weighted by Crippen LogP contribution is 2.34. The highest BCUT2D eigenvalue weighted by atomic mass is 32.1. The molecule has 3 heterocycles. The standard InChI is InChI=1S/C28H28N4O8S2/c1-6-39-27(36)20-15(4)22(28(37)40-7-2)42-25(20)31-18(33)12-32-13-29-24-19(26(32)35)14(3)21(41-24)23(34)30-16-10-8-9-11-17(16)38-5/h8-11,13H,6-7,12H2,1-5H3,(H,30,34)(H,31,33). The number of nitrogens with zero attached hydrogens (tertiary/aromatic N) is 2. The Labute approximate surface area is 248 Å². The molecule has 0 aliphatic rings. The molecule has 4 aromatic rings. The molecule has 0 atom stereocenters. The first-order valence-corrected chi connectivity index (χ1v) is 14.4. The van der Waals surface area contributed by atoms with Crippen LogP contribution in [0.15, 0.2) is 35.4 Å². The predicted octanol–water partition coefficient (Wildman–Crippen LogP) is 4.39. The summed E-state index contributed by atoms with van der Waals surface area (Å²) >= 11 is 1.94. The first kappa shape index (κ1) is 30.4. The van der Waals surface area contributed by atoms with Crippen molar-refractivity contribution in [3.8, 4) is 5.75 Å². The molecule has 14 heteroatoms. The van der Waals surface area contributed by atoms with Gasteiger partial charge in [-0.05, 0) is 51.0 Å². The number of esters is 2. The second-order valence-corrected chi connectivity index (χ2v) is 10.8. The normalized spacial score (nSPS) is 10.8. The van der Waals surface area contributed by atoms with Gasteiger partial charge in [0.05, 0.1) is 48.2 Å². The van der Waals surface area contributed by atoms with Crippen molar-refractivity contribution in [2.24, 2.45) is 0 Å². The van der Waals surface area contributed by atoms with Gasteiger partial charge in [0.25, 0.3) is 11.5 Å². The number of amides is 2. The van der Waals surface area contributed by atoms with E-state index in [4.69, 9.17) is 14.2 Å². The summed E-state index contributed by atoms with van der Waals surface area (Å²) < 4.78 is 16.6. The molecule has 2 N–H and O–H groups in total. The van der Waals surface area contributed by atoms with Crippen LogP contribution < -0.4 is 20.9 Å². The van der Waals surface area contributed by atoms with Crippen LogP contribution in [0.1, 0.15) is 54.7 Å². The topological polar surface area (TPSA) is 155 Å². The number of ether oxygens (including phenoxy) is 3. The van der Waals surface area contributed by atoms with Crippen molar-refractivity contribution in [3.05, 3.63) is 67.4 Å². The zero-order valence-corrected chi connectivity index (χ0v) is 25.1. The summed E-state index contributed by atoms with van der Waals surface area (Å²) in [6.45, 7) is 6.29. The van der Waals surface area contributed by atoms with Gasteiger partial charge in [-0.2, -0.15) is 0 Å². The van der Waals surface area contributed by atoms with Gasteiger partial charge >= 0.3 is 11.9 Å². The molecule has 1 aromatic carbocycles. The number of rotatable bonds is 10. The van der Waals surface area contributed by atoms with Crippen molar-refractivity contribution in [2.45, 2.75) is 34.2 Å². The number of thiophene rings is 2. The monoisotopic (exact) mass is 612 g/mol. The minimum atomic E-state index is -0.704. The predicted molar refractivity (Wildman–Crippen MR) is 159 cm³/mol. The molecule has 0 spiro atoms. The molecule has 12 nitrogen and oxygen atoms in total. The number of aryl methyl sites for hydroxylation is 1. The van der Waals surface area contributed by atoms with Gasteiger partial charge in [0.15, 0.2) is 0 Å². The van der Waals surface area contributed by atoms with Crippen molar-refractivity contribution >= 4 is 67.3 Å². The van der Waals surface area contributed by atoms with E-state index in [1.807, 2.05) is 0 Å². The minimum Gasteiger partial charge on any atom is -0.495 e. The van der Waals surface area contributed by atoms with Gasteiger partial charge in [-0.25, -0.2) is 14.6 Å². The molecule has 0 saturated heterocycles. The maximum absolute atomic E-state index is 13.4. The Bertz CT molecular complexity index is 1750. The van der Waals surface area contributed by atoms with E-state index < -0.39 is 35.9 Å². The summed E-state index contributed by atoms with van der Waals surface area (Å²) in [6.07, 6.45) is 1.22. The van der Waals surface area contributed by atoms with Crippen LogP contribution in [0.5, 0.6) is 5.75 Å². The fourth-order valence-electron chi connectivity index (χ4n) is 4.18. The molecule has 2 amide bonds. The van der Waals surface area contributed by atoms with E-state index in [0.29, 0.717) is 32.3 Å². The molecule has 0 unspecified atom stereocenters. The summed E-state index contributed by atoms with van der Waals surface area (Å²) in [5.74, 6) is -1.92. The second-order valence-electron chi connectivity index (χ2n) is 8.82. The third-order valence-electron chi connectivity index (χ3n) is 6.13. The summed E-state index contributed by atoms with van der Waals surface area (Å²) in [5, 5.41) is 5.73. The molecule has 3 aromatic heterocycles. The summed E-state index contributed by atoms with van der Waals surface area (Å²) in [4.78, 5) is 69.6. The van der Waals surface area contributed by atoms with E-state index in [9.17, 15) is 24.0 Å². The van der Waals surface area contributed by atoms with E-state index >= 15 is 0 Å². The fourth-order valence-corrected chi connectivity index (χ4v) is 6.32. The first-order chi connectivity index (χ1) is 20.1. The fraction of sp³-hybridized carbons (Fsp3) is 0.286. The van der Waals surface area contributed by atoms with Crippen LogP contribution >= 0.6 is 22.7 Å². The number of hydrogen-bond acceptors (Lipinski definition) is 11. The van der Waals surface area contributed by atoms with Gasteiger partial charge in [0, 0.05) is 0 Å². The van der Waals surface area contributed by atoms with Gasteiger partial charge in [0.1, 0.15) is 27.0 Å². The zero-order valence-electron chi connectivity index (χ0n) is 23.5. The molecule has 0 bridgehead atoms. The molecule has 0 aliphatic carbocycles. The average molecular weight is 613 g/mol. The molecule has 0 fully saturated rings. The van der Waals surface area contributed by atoms with Crippen LogP contribution in [0.4, 0.5) is 10.7 Å². The van der Waals surface area contributed by atoms with Gasteiger partial charge in [-0.3, -0.25) is 19.0 Å². The quantitative estimate of drug-likeness (QED) is 0.248. The minimum absolute atomic E-state index is 0.0403.